The lowest BCUT2D eigenvalue weighted by atomic mass is 9.98. The van der Waals surface area contributed by atoms with Gasteiger partial charge in [0, 0.05) is 18.7 Å². The van der Waals surface area contributed by atoms with Gasteiger partial charge in [-0.3, -0.25) is 4.79 Å². The molecule has 1 aliphatic heterocycles. The lowest BCUT2D eigenvalue weighted by Crippen LogP contribution is -2.39. The van der Waals surface area contributed by atoms with Crippen molar-refractivity contribution in [2.75, 3.05) is 20.2 Å². The number of carbonyl (C=O) groups is 1. The smallest absolute Gasteiger partial charge is 0.259 e. The van der Waals surface area contributed by atoms with Crippen LogP contribution in [0.15, 0.2) is 34.9 Å². The van der Waals surface area contributed by atoms with Gasteiger partial charge in [0.2, 0.25) is 0 Å². The van der Waals surface area contributed by atoms with E-state index in [1.165, 1.54) is 6.42 Å². The van der Waals surface area contributed by atoms with Gasteiger partial charge in [-0.15, -0.1) is 0 Å². The highest BCUT2D eigenvalue weighted by atomic mass is 16.5. The van der Waals surface area contributed by atoms with Crippen LogP contribution >= 0.6 is 0 Å². The summed E-state index contributed by atoms with van der Waals surface area (Å²) in [6.45, 7) is 5.60. The van der Waals surface area contributed by atoms with Crippen LogP contribution in [0.4, 0.5) is 0 Å². The first-order chi connectivity index (χ1) is 13.1. The summed E-state index contributed by atoms with van der Waals surface area (Å²) >= 11 is 0. The zero-order valence-corrected chi connectivity index (χ0v) is 15.9. The van der Waals surface area contributed by atoms with E-state index in [2.05, 4.69) is 17.1 Å². The number of nitrogens with zero attached hydrogens (tertiary/aromatic N) is 3. The highest BCUT2D eigenvalue weighted by Gasteiger charge is 2.26. The van der Waals surface area contributed by atoms with Gasteiger partial charge in [0.15, 0.2) is 0 Å². The largest absolute Gasteiger partial charge is 0.497 e. The molecule has 1 unspecified atom stereocenters. The number of piperidine rings is 1. The van der Waals surface area contributed by atoms with Gasteiger partial charge >= 0.3 is 0 Å². The number of rotatable bonds is 3. The number of carbonyl (C=O) groups excluding carboxylic acids is 1. The van der Waals surface area contributed by atoms with Gasteiger partial charge in [-0.1, -0.05) is 12.1 Å². The van der Waals surface area contributed by atoms with Crippen LogP contribution in [-0.2, 0) is 0 Å². The Morgan fingerprint density at radius 2 is 2.07 bits per heavy atom. The molecule has 1 amide bonds. The lowest BCUT2D eigenvalue weighted by Gasteiger charge is -2.31. The maximum absolute atomic E-state index is 13.3. The summed E-state index contributed by atoms with van der Waals surface area (Å²) in [5.74, 6) is 1.31. The zero-order valence-electron chi connectivity index (χ0n) is 15.9. The van der Waals surface area contributed by atoms with Crippen molar-refractivity contribution in [1.82, 2.24) is 15.0 Å². The van der Waals surface area contributed by atoms with Crippen molar-refractivity contribution in [3.05, 3.63) is 41.6 Å². The minimum absolute atomic E-state index is 0.0232. The minimum atomic E-state index is 0.0232. The third-order valence-corrected chi connectivity index (χ3v) is 5.18. The minimum Gasteiger partial charge on any atom is -0.497 e. The highest BCUT2D eigenvalue weighted by molar-refractivity contribution is 6.07. The molecule has 0 bridgehead atoms. The molecule has 1 aliphatic rings. The van der Waals surface area contributed by atoms with Gasteiger partial charge < -0.3 is 14.2 Å². The molecule has 3 aromatic rings. The Morgan fingerprint density at radius 1 is 1.30 bits per heavy atom. The fraction of sp³-hybridized carbons (Fsp3) is 0.381. The fourth-order valence-electron chi connectivity index (χ4n) is 3.72. The van der Waals surface area contributed by atoms with E-state index < -0.39 is 0 Å². The van der Waals surface area contributed by atoms with E-state index in [4.69, 9.17) is 9.26 Å². The molecule has 0 radical (unpaired) electrons. The van der Waals surface area contributed by atoms with Crippen LogP contribution in [0.3, 0.4) is 0 Å². The molecule has 27 heavy (non-hydrogen) atoms. The second-order valence-corrected chi connectivity index (χ2v) is 7.23. The summed E-state index contributed by atoms with van der Waals surface area (Å²) in [6.07, 6.45) is 2.20. The molecule has 0 saturated carbocycles. The van der Waals surface area contributed by atoms with E-state index in [1.54, 1.807) is 7.11 Å². The summed E-state index contributed by atoms with van der Waals surface area (Å²) in [6, 6.07) is 9.46. The summed E-state index contributed by atoms with van der Waals surface area (Å²) in [4.78, 5) is 19.8. The topological polar surface area (TPSA) is 68.5 Å². The van der Waals surface area contributed by atoms with Gasteiger partial charge in [0.05, 0.1) is 29.4 Å². The second kappa shape index (κ2) is 7.02. The molecule has 4 rings (SSSR count). The number of aryl methyl sites for hydroxylation is 1. The van der Waals surface area contributed by atoms with E-state index in [1.807, 2.05) is 42.2 Å². The van der Waals surface area contributed by atoms with Gasteiger partial charge in [0.1, 0.15) is 5.75 Å². The molecule has 2 aromatic heterocycles. The standard InChI is InChI=1S/C21H23N3O3/c1-13-5-4-10-24(12-13)21(25)17-11-18(15-6-8-16(26-3)9-7-15)22-20-19(17)14(2)23-27-20/h6-9,11,13H,4-5,10,12H2,1-3H3. The summed E-state index contributed by atoms with van der Waals surface area (Å²) in [5.41, 5.74) is 3.28. The number of pyridine rings is 1. The first kappa shape index (κ1) is 17.5. The third kappa shape index (κ3) is 3.27. The number of ether oxygens (including phenoxy) is 1. The Hall–Kier alpha value is -2.89. The Morgan fingerprint density at radius 3 is 2.78 bits per heavy atom. The van der Waals surface area contributed by atoms with Crippen LogP contribution in [0.1, 0.15) is 35.8 Å². The van der Waals surface area contributed by atoms with E-state index in [0.717, 1.165) is 30.8 Å². The molecule has 0 aliphatic carbocycles. The van der Waals surface area contributed by atoms with E-state index in [0.29, 0.717) is 34.0 Å². The quantitative estimate of drug-likeness (QED) is 0.699. The maximum Gasteiger partial charge on any atom is 0.259 e. The molecular weight excluding hydrogens is 342 g/mol. The molecule has 1 atom stereocenters. The molecule has 6 heteroatoms. The molecule has 140 valence electrons. The zero-order chi connectivity index (χ0) is 19.0. The lowest BCUT2D eigenvalue weighted by molar-refractivity contribution is 0.0685. The third-order valence-electron chi connectivity index (χ3n) is 5.18. The van der Waals surface area contributed by atoms with Gasteiger partial charge in [-0.05, 0) is 56.0 Å². The number of aromatic nitrogens is 2. The van der Waals surface area contributed by atoms with Gasteiger partial charge in [0.25, 0.3) is 11.6 Å². The number of benzene rings is 1. The number of methoxy groups -OCH3 is 1. The predicted molar refractivity (Wildman–Crippen MR) is 103 cm³/mol. The second-order valence-electron chi connectivity index (χ2n) is 7.23. The summed E-state index contributed by atoms with van der Waals surface area (Å²) in [7, 11) is 1.63. The van der Waals surface area contributed by atoms with Crippen LogP contribution in [-0.4, -0.2) is 41.1 Å². The normalized spacial score (nSPS) is 17.3. The van der Waals surface area contributed by atoms with Gasteiger partial charge in [-0.25, -0.2) is 4.98 Å². The molecular formula is C21H23N3O3. The first-order valence-corrected chi connectivity index (χ1v) is 9.27. The number of hydrogen-bond acceptors (Lipinski definition) is 5. The number of fused-ring (bicyclic) bond motifs is 1. The maximum atomic E-state index is 13.3. The Labute approximate surface area is 158 Å². The SMILES string of the molecule is COc1ccc(-c2cc(C(=O)N3CCCC(C)C3)c3c(C)noc3n2)cc1. The molecule has 3 heterocycles. The van der Waals surface area contributed by atoms with Crippen molar-refractivity contribution in [2.24, 2.45) is 5.92 Å². The number of hydrogen-bond donors (Lipinski definition) is 0. The number of amides is 1. The van der Waals surface area contributed by atoms with E-state index in [9.17, 15) is 4.79 Å². The van der Waals surface area contributed by atoms with Crippen molar-refractivity contribution in [1.29, 1.82) is 0 Å². The van der Waals surface area contributed by atoms with Crippen molar-refractivity contribution >= 4 is 17.0 Å². The molecule has 0 N–H and O–H groups in total. The summed E-state index contributed by atoms with van der Waals surface area (Å²) in [5, 5.41) is 4.74. The van der Waals surface area contributed by atoms with Crippen molar-refractivity contribution in [2.45, 2.75) is 26.7 Å². The Bertz CT molecular complexity index is 978. The van der Waals surface area contributed by atoms with Crippen molar-refractivity contribution < 1.29 is 14.1 Å². The first-order valence-electron chi connectivity index (χ1n) is 9.27. The van der Waals surface area contributed by atoms with E-state index >= 15 is 0 Å². The molecule has 0 spiro atoms. The monoisotopic (exact) mass is 365 g/mol. The molecule has 1 aromatic carbocycles. The van der Waals surface area contributed by atoms with Crippen LogP contribution in [0.2, 0.25) is 0 Å². The van der Waals surface area contributed by atoms with Crippen LogP contribution in [0.5, 0.6) is 5.75 Å². The molecule has 6 nitrogen and oxygen atoms in total. The average molecular weight is 365 g/mol. The van der Waals surface area contributed by atoms with Gasteiger partial charge in [-0.2, -0.15) is 0 Å². The van der Waals surface area contributed by atoms with Crippen LogP contribution < -0.4 is 4.74 Å². The fourth-order valence-corrected chi connectivity index (χ4v) is 3.72. The van der Waals surface area contributed by atoms with Crippen molar-refractivity contribution in [3.63, 3.8) is 0 Å². The van der Waals surface area contributed by atoms with Crippen LogP contribution in [0.25, 0.3) is 22.4 Å². The van der Waals surface area contributed by atoms with Crippen molar-refractivity contribution in [3.8, 4) is 17.0 Å². The predicted octanol–water partition coefficient (Wildman–Crippen LogP) is 4.08. The van der Waals surface area contributed by atoms with Crippen LogP contribution in [0, 0.1) is 12.8 Å². The molecule has 1 saturated heterocycles. The number of likely N-dealkylation sites (tertiary alicyclic amines) is 1. The summed E-state index contributed by atoms with van der Waals surface area (Å²) < 4.78 is 10.6. The highest BCUT2D eigenvalue weighted by Crippen LogP contribution is 2.30. The molecule has 1 fully saturated rings. The Kier molecular flexibility index (Phi) is 4.56. The average Bonchev–Trinajstić information content (AvgIpc) is 3.08. The Balaban J connectivity index is 1.80. The van der Waals surface area contributed by atoms with E-state index in [-0.39, 0.29) is 5.91 Å².